The van der Waals surface area contributed by atoms with E-state index in [-0.39, 0.29) is 18.4 Å². The number of aryl methyl sites for hydroxylation is 2. The van der Waals surface area contributed by atoms with Crippen molar-refractivity contribution in [2.75, 3.05) is 11.9 Å². The maximum Gasteiger partial charge on any atom is 0.276 e. The topological polar surface area (TPSA) is 79.5 Å². The van der Waals surface area contributed by atoms with Crippen LogP contribution in [0.4, 0.5) is 5.69 Å². The van der Waals surface area contributed by atoms with Crippen molar-refractivity contribution in [2.24, 2.45) is 0 Å². The zero-order valence-electron chi connectivity index (χ0n) is 15.4. The zero-order valence-corrected chi connectivity index (χ0v) is 17.0. The summed E-state index contributed by atoms with van der Waals surface area (Å²) in [4.78, 5) is 23.9. The summed E-state index contributed by atoms with van der Waals surface area (Å²) in [6.07, 6.45) is 1.37. The lowest BCUT2D eigenvalue weighted by atomic mass is 10.2. The lowest BCUT2D eigenvalue weighted by molar-refractivity contribution is -0.124. The molecule has 0 saturated carbocycles. The van der Waals surface area contributed by atoms with Crippen LogP contribution >= 0.6 is 15.9 Å². The van der Waals surface area contributed by atoms with Gasteiger partial charge in [-0.25, -0.2) is 0 Å². The van der Waals surface area contributed by atoms with Crippen molar-refractivity contribution in [3.05, 3.63) is 69.8 Å². The number of para-hydroxylation sites is 1. The third-order valence-corrected chi connectivity index (χ3v) is 4.54. The summed E-state index contributed by atoms with van der Waals surface area (Å²) in [5.41, 5.74) is 8.40. The van der Waals surface area contributed by atoms with Crippen LogP contribution in [0.1, 0.15) is 18.1 Å². The summed E-state index contributed by atoms with van der Waals surface area (Å²) in [5, 5.41) is 2.79. The second-order valence-electron chi connectivity index (χ2n) is 6.00. The van der Waals surface area contributed by atoms with Crippen LogP contribution in [0.25, 0.3) is 0 Å². The highest BCUT2D eigenvalue weighted by Gasteiger charge is 2.05. The fraction of sp³-hybridized carbons (Fsp3) is 0.200. The molecule has 0 aliphatic carbocycles. The molecule has 6 nitrogen and oxygen atoms in total. The van der Waals surface area contributed by atoms with Gasteiger partial charge in [0.1, 0.15) is 5.75 Å². The molecule has 142 valence electrons. The molecule has 0 saturated heterocycles. The van der Waals surface area contributed by atoms with Crippen LogP contribution in [-0.2, 0) is 9.59 Å². The van der Waals surface area contributed by atoms with E-state index in [0.29, 0.717) is 11.4 Å². The van der Waals surface area contributed by atoms with Gasteiger partial charge in [0.25, 0.3) is 5.91 Å². The molecular weight excluding hydrogens is 410 g/mol. The van der Waals surface area contributed by atoms with E-state index < -0.39 is 0 Å². The highest BCUT2D eigenvalue weighted by atomic mass is 79.9. The summed E-state index contributed by atoms with van der Waals surface area (Å²) in [6, 6.07) is 13.0. The van der Waals surface area contributed by atoms with E-state index >= 15 is 0 Å². The number of amides is 2. The standard InChI is InChI=1S/C20H22BrN3O3/c1-13-6-4-5-7-18(13)22-19(25)11-15(3)23-24-20(26)12-27-16-8-9-17(21)14(2)10-16/h4-11,23H,12H2,1-3H3,(H,22,25)(H,24,26). The predicted octanol–water partition coefficient (Wildman–Crippen LogP) is 3.61. The summed E-state index contributed by atoms with van der Waals surface area (Å²) in [7, 11) is 0. The first-order chi connectivity index (χ1) is 12.8. The van der Waals surface area contributed by atoms with Gasteiger partial charge in [-0.05, 0) is 56.2 Å². The number of hydrogen-bond donors (Lipinski definition) is 3. The number of allylic oxidation sites excluding steroid dienone is 1. The Morgan fingerprint density at radius 1 is 1.07 bits per heavy atom. The molecular formula is C20H22BrN3O3. The smallest absolute Gasteiger partial charge is 0.276 e. The van der Waals surface area contributed by atoms with Crippen molar-refractivity contribution >= 4 is 33.4 Å². The second kappa shape index (κ2) is 9.78. The number of hydrogen-bond acceptors (Lipinski definition) is 4. The first-order valence-corrected chi connectivity index (χ1v) is 9.13. The number of halogens is 1. The quantitative estimate of drug-likeness (QED) is 0.462. The molecule has 0 atom stereocenters. The molecule has 27 heavy (non-hydrogen) atoms. The molecule has 0 aliphatic rings. The van der Waals surface area contributed by atoms with Crippen LogP contribution < -0.4 is 20.9 Å². The third-order valence-electron chi connectivity index (χ3n) is 3.65. The van der Waals surface area contributed by atoms with Crippen LogP contribution in [0.3, 0.4) is 0 Å². The fourth-order valence-electron chi connectivity index (χ4n) is 2.17. The molecule has 2 rings (SSSR count). The summed E-state index contributed by atoms with van der Waals surface area (Å²) in [6.45, 7) is 5.39. The van der Waals surface area contributed by atoms with E-state index in [4.69, 9.17) is 4.74 Å². The second-order valence-corrected chi connectivity index (χ2v) is 6.86. The largest absolute Gasteiger partial charge is 0.484 e. The van der Waals surface area contributed by atoms with Gasteiger partial charge in [-0.3, -0.25) is 15.0 Å². The predicted molar refractivity (Wildman–Crippen MR) is 109 cm³/mol. The number of hydrazine groups is 1. The van der Waals surface area contributed by atoms with Crippen LogP contribution in [-0.4, -0.2) is 18.4 Å². The van der Waals surface area contributed by atoms with Gasteiger partial charge in [0.15, 0.2) is 6.61 Å². The number of ether oxygens (including phenoxy) is 1. The minimum absolute atomic E-state index is 0.142. The highest BCUT2D eigenvalue weighted by Crippen LogP contribution is 2.21. The molecule has 7 heteroatoms. The number of nitrogens with one attached hydrogen (secondary N) is 3. The minimum atomic E-state index is -0.359. The number of benzene rings is 2. The summed E-state index contributed by atoms with van der Waals surface area (Å²) in [5.74, 6) is -0.0384. The molecule has 0 fully saturated rings. The van der Waals surface area contributed by atoms with Gasteiger partial charge >= 0.3 is 0 Å². The van der Waals surface area contributed by atoms with E-state index in [0.717, 1.165) is 21.3 Å². The Labute approximate surface area is 167 Å². The maximum atomic E-state index is 12.0. The lowest BCUT2D eigenvalue weighted by Crippen LogP contribution is -2.39. The molecule has 0 spiro atoms. The minimum Gasteiger partial charge on any atom is -0.484 e. The molecule has 2 aromatic rings. The molecule has 0 radical (unpaired) electrons. The zero-order chi connectivity index (χ0) is 19.8. The van der Waals surface area contributed by atoms with E-state index in [9.17, 15) is 9.59 Å². The molecule has 0 aromatic heterocycles. The summed E-state index contributed by atoms with van der Waals surface area (Å²) >= 11 is 3.41. The molecule has 0 aliphatic heterocycles. The summed E-state index contributed by atoms with van der Waals surface area (Å²) < 4.78 is 6.42. The Bertz CT molecular complexity index is 865. The maximum absolute atomic E-state index is 12.0. The van der Waals surface area contributed by atoms with Crippen LogP contribution in [0.15, 0.2) is 58.7 Å². The van der Waals surface area contributed by atoms with Crippen molar-refractivity contribution in [1.82, 2.24) is 10.9 Å². The van der Waals surface area contributed by atoms with Gasteiger partial charge in [-0.1, -0.05) is 34.1 Å². The van der Waals surface area contributed by atoms with E-state index in [1.54, 1.807) is 13.0 Å². The van der Waals surface area contributed by atoms with Gasteiger partial charge in [-0.15, -0.1) is 0 Å². The van der Waals surface area contributed by atoms with E-state index in [2.05, 4.69) is 32.1 Å². The van der Waals surface area contributed by atoms with Crippen molar-refractivity contribution in [2.45, 2.75) is 20.8 Å². The van der Waals surface area contributed by atoms with Crippen molar-refractivity contribution in [1.29, 1.82) is 0 Å². The van der Waals surface area contributed by atoms with Gasteiger partial charge in [0.05, 0.1) is 0 Å². The molecule has 0 heterocycles. The first kappa shape index (κ1) is 20.5. The number of carbonyl (C=O) groups is 2. The van der Waals surface area contributed by atoms with Crippen molar-refractivity contribution in [3.63, 3.8) is 0 Å². The van der Waals surface area contributed by atoms with Crippen LogP contribution in [0.5, 0.6) is 5.75 Å². The average molecular weight is 432 g/mol. The average Bonchev–Trinajstić information content (AvgIpc) is 2.63. The Morgan fingerprint density at radius 2 is 1.81 bits per heavy atom. The molecule has 2 aromatic carbocycles. The van der Waals surface area contributed by atoms with Gasteiger partial charge < -0.3 is 15.5 Å². The van der Waals surface area contributed by atoms with Crippen LogP contribution in [0, 0.1) is 13.8 Å². The third kappa shape index (κ3) is 6.79. The molecule has 0 bridgehead atoms. The SMILES string of the molecule is CC(=CC(=O)Nc1ccccc1C)NNC(=O)COc1ccc(Br)c(C)c1. The molecule has 3 N–H and O–H groups in total. The Hall–Kier alpha value is -2.80. The van der Waals surface area contributed by atoms with Gasteiger partial charge in [0.2, 0.25) is 5.91 Å². The fourth-order valence-corrected chi connectivity index (χ4v) is 2.42. The highest BCUT2D eigenvalue weighted by molar-refractivity contribution is 9.10. The van der Waals surface area contributed by atoms with Crippen LogP contribution in [0.2, 0.25) is 0 Å². The lowest BCUT2D eigenvalue weighted by Gasteiger charge is -2.11. The Kier molecular flexibility index (Phi) is 7.43. The normalized spacial score (nSPS) is 10.9. The van der Waals surface area contributed by atoms with Gasteiger partial charge in [0, 0.05) is 21.9 Å². The van der Waals surface area contributed by atoms with E-state index in [1.165, 1.54) is 6.08 Å². The number of rotatable bonds is 7. The number of anilines is 1. The Morgan fingerprint density at radius 3 is 2.52 bits per heavy atom. The van der Waals surface area contributed by atoms with Crippen molar-refractivity contribution in [3.8, 4) is 5.75 Å². The van der Waals surface area contributed by atoms with Gasteiger partial charge in [-0.2, -0.15) is 0 Å². The van der Waals surface area contributed by atoms with Crippen molar-refractivity contribution < 1.29 is 14.3 Å². The van der Waals surface area contributed by atoms with E-state index in [1.807, 2.05) is 50.2 Å². The Balaban J connectivity index is 1.78. The molecule has 2 amide bonds. The monoisotopic (exact) mass is 431 g/mol. The first-order valence-electron chi connectivity index (χ1n) is 8.34. The molecule has 0 unspecified atom stereocenters. The number of carbonyl (C=O) groups excluding carboxylic acids is 2.